The highest BCUT2D eigenvalue weighted by Gasteiger charge is 2.12. The first-order valence-corrected chi connectivity index (χ1v) is 6.01. The predicted octanol–water partition coefficient (Wildman–Crippen LogP) is 4.49. The number of aliphatic hydroxyl groups is 1. The summed E-state index contributed by atoms with van der Waals surface area (Å²) in [5.41, 5.74) is 1.79. The van der Waals surface area contributed by atoms with Crippen LogP contribution in [-0.4, -0.2) is 5.11 Å². The number of aliphatic hydroxyl groups excluding tert-OH is 1. The Morgan fingerprint density at radius 2 is 2.27 bits per heavy atom. The minimum absolute atomic E-state index is 0.557. The van der Waals surface area contributed by atoms with Gasteiger partial charge in [0.25, 0.3) is 0 Å². The number of hydrogen-bond acceptors (Lipinski definition) is 1. The van der Waals surface area contributed by atoms with Crippen LogP contribution in [0, 0.1) is 0 Å². The van der Waals surface area contributed by atoms with Gasteiger partial charge in [0.1, 0.15) is 0 Å². The number of hydrogen-bond donors (Lipinski definition) is 1. The summed E-state index contributed by atoms with van der Waals surface area (Å²) >= 11 is 9.36. The molecule has 0 aliphatic rings. The summed E-state index contributed by atoms with van der Waals surface area (Å²) in [5, 5.41) is 10.5. The first-order chi connectivity index (χ1) is 7.04. The Balaban J connectivity index is 2.82. The summed E-state index contributed by atoms with van der Waals surface area (Å²) in [4.78, 5) is 0. The van der Waals surface area contributed by atoms with Crippen LogP contribution in [-0.2, 0) is 0 Å². The van der Waals surface area contributed by atoms with Gasteiger partial charge in [0.05, 0.1) is 6.10 Å². The van der Waals surface area contributed by atoms with Crippen LogP contribution in [0.2, 0.25) is 5.02 Å². The lowest BCUT2D eigenvalue weighted by Crippen LogP contribution is -1.99. The minimum Gasteiger partial charge on any atom is -0.388 e. The van der Waals surface area contributed by atoms with Gasteiger partial charge < -0.3 is 5.11 Å². The molecule has 0 aromatic heterocycles. The van der Waals surface area contributed by atoms with Gasteiger partial charge in [-0.2, -0.15) is 0 Å². The SMILES string of the molecule is C=C(CC)CC(O)c1ccc(Br)cc1Cl. The molecule has 1 N–H and O–H groups in total. The smallest absolute Gasteiger partial charge is 0.0841 e. The molecule has 15 heavy (non-hydrogen) atoms. The maximum atomic E-state index is 9.93. The van der Waals surface area contributed by atoms with E-state index in [1.165, 1.54) is 0 Å². The summed E-state index contributed by atoms with van der Waals surface area (Å²) in [6.45, 7) is 5.90. The number of benzene rings is 1. The third-order valence-electron chi connectivity index (χ3n) is 2.30. The van der Waals surface area contributed by atoms with Crippen molar-refractivity contribution < 1.29 is 5.11 Å². The molecule has 3 heteroatoms. The standard InChI is InChI=1S/C12H14BrClO/c1-3-8(2)6-12(15)10-5-4-9(13)7-11(10)14/h4-5,7,12,15H,2-3,6H2,1H3. The second-order valence-corrected chi connectivity index (χ2v) is 4.81. The van der Waals surface area contributed by atoms with Gasteiger partial charge in [0.2, 0.25) is 0 Å². The molecular weight excluding hydrogens is 275 g/mol. The van der Waals surface area contributed by atoms with E-state index in [9.17, 15) is 5.11 Å². The van der Waals surface area contributed by atoms with E-state index in [1.807, 2.05) is 19.1 Å². The van der Waals surface area contributed by atoms with Crippen LogP contribution >= 0.6 is 27.5 Å². The monoisotopic (exact) mass is 288 g/mol. The van der Waals surface area contributed by atoms with Crippen molar-refractivity contribution in [3.8, 4) is 0 Å². The molecule has 82 valence electrons. The molecule has 0 amide bonds. The second-order valence-electron chi connectivity index (χ2n) is 3.49. The highest BCUT2D eigenvalue weighted by molar-refractivity contribution is 9.10. The van der Waals surface area contributed by atoms with Crippen molar-refractivity contribution >= 4 is 27.5 Å². The largest absolute Gasteiger partial charge is 0.388 e. The van der Waals surface area contributed by atoms with E-state index in [4.69, 9.17) is 11.6 Å². The molecule has 1 unspecified atom stereocenters. The topological polar surface area (TPSA) is 20.2 Å². The molecule has 1 aromatic carbocycles. The van der Waals surface area contributed by atoms with Crippen LogP contribution in [0.15, 0.2) is 34.8 Å². The Morgan fingerprint density at radius 1 is 1.60 bits per heavy atom. The van der Waals surface area contributed by atoms with Gasteiger partial charge in [0.15, 0.2) is 0 Å². The molecule has 0 heterocycles. The molecule has 0 saturated heterocycles. The van der Waals surface area contributed by atoms with Crippen molar-refractivity contribution in [3.63, 3.8) is 0 Å². The molecule has 0 radical (unpaired) electrons. The van der Waals surface area contributed by atoms with Gasteiger partial charge in [0, 0.05) is 9.50 Å². The van der Waals surface area contributed by atoms with E-state index in [0.717, 1.165) is 22.0 Å². The van der Waals surface area contributed by atoms with Crippen molar-refractivity contribution in [2.24, 2.45) is 0 Å². The van der Waals surface area contributed by atoms with Gasteiger partial charge in [-0.3, -0.25) is 0 Å². The summed E-state index contributed by atoms with van der Waals surface area (Å²) in [7, 11) is 0. The molecule has 1 rings (SSSR count). The molecule has 0 aliphatic heterocycles. The van der Waals surface area contributed by atoms with E-state index in [-0.39, 0.29) is 0 Å². The second kappa shape index (κ2) is 5.69. The Labute approximate surface area is 104 Å². The first-order valence-electron chi connectivity index (χ1n) is 4.84. The van der Waals surface area contributed by atoms with Crippen molar-refractivity contribution in [1.82, 2.24) is 0 Å². The summed E-state index contributed by atoms with van der Waals surface area (Å²) in [6, 6.07) is 5.49. The van der Waals surface area contributed by atoms with Gasteiger partial charge in [-0.05, 0) is 30.5 Å². The third kappa shape index (κ3) is 3.63. The summed E-state index contributed by atoms with van der Waals surface area (Å²) in [5.74, 6) is 0. The molecule has 0 saturated carbocycles. The number of halogens is 2. The van der Waals surface area contributed by atoms with Gasteiger partial charge in [-0.1, -0.05) is 52.7 Å². The van der Waals surface area contributed by atoms with Crippen LogP contribution in [0.1, 0.15) is 31.4 Å². The first kappa shape index (κ1) is 12.8. The fraction of sp³-hybridized carbons (Fsp3) is 0.333. The molecule has 1 atom stereocenters. The van der Waals surface area contributed by atoms with Gasteiger partial charge in [-0.15, -0.1) is 0 Å². The Bertz CT molecular complexity index is 363. The maximum Gasteiger partial charge on any atom is 0.0841 e. The average molecular weight is 290 g/mol. The zero-order valence-corrected chi connectivity index (χ0v) is 11.0. The molecule has 1 aromatic rings. The van der Waals surface area contributed by atoms with Crippen molar-refractivity contribution in [2.45, 2.75) is 25.9 Å². The number of rotatable bonds is 4. The van der Waals surface area contributed by atoms with E-state index in [0.29, 0.717) is 11.4 Å². The normalized spacial score (nSPS) is 12.5. The summed E-state index contributed by atoms with van der Waals surface area (Å²) in [6.07, 6.45) is 0.890. The fourth-order valence-electron chi connectivity index (χ4n) is 1.30. The average Bonchev–Trinajstić information content (AvgIpc) is 2.17. The third-order valence-corrected chi connectivity index (χ3v) is 3.12. The zero-order chi connectivity index (χ0) is 11.4. The highest BCUT2D eigenvalue weighted by Crippen LogP contribution is 2.29. The molecule has 0 spiro atoms. The van der Waals surface area contributed by atoms with Crippen LogP contribution in [0.5, 0.6) is 0 Å². The van der Waals surface area contributed by atoms with Crippen molar-refractivity contribution in [3.05, 3.63) is 45.4 Å². The minimum atomic E-state index is -0.557. The lowest BCUT2D eigenvalue weighted by atomic mass is 10.0. The predicted molar refractivity (Wildman–Crippen MR) is 68.2 cm³/mol. The Hall–Kier alpha value is -0.310. The van der Waals surface area contributed by atoms with Crippen LogP contribution in [0.4, 0.5) is 0 Å². The Morgan fingerprint density at radius 3 is 2.80 bits per heavy atom. The van der Waals surface area contributed by atoms with Crippen LogP contribution in [0.3, 0.4) is 0 Å². The molecule has 0 fully saturated rings. The molecule has 0 bridgehead atoms. The van der Waals surface area contributed by atoms with E-state index < -0.39 is 6.10 Å². The molecular formula is C12H14BrClO. The van der Waals surface area contributed by atoms with Gasteiger partial charge in [-0.25, -0.2) is 0 Å². The van der Waals surface area contributed by atoms with Crippen molar-refractivity contribution in [2.75, 3.05) is 0 Å². The van der Waals surface area contributed by atoms with Crippen LogP contribution in [0.25, 0.3) is 0 Å². The maximum absolute atomic E-state index is 9.93. The van der Waals surface area contributed by atoms with Crippen LogP contribution < -0.4 is 0 Å². The van der Waals surface area contributed by atoms with E-state index in [2.05, 4.69) is 22.5 Å². The summed E-state index contributed by atoms with van der Waals surface area (Å²) < 4.78 is 0.915. The molecule has 0 aliphatic carbocycles. The zero-order valence-electron chi connectivity index (χ0n) is 8.63. The quantitative estimate of drug-likeness (QED) is 0.810. The molecule has 1 nitrogen and oxygen atoms in total. The lowest BCUT2D eigenvalue weighted by Gasteiger charge is -2.13. The lowest BCUT2D eigenvalue weighted by molar-refractivity contribution is 0.177. The van der Waals surface area contributed by atoms with E-state index >= 15 is 0 Å². The fourth-order valence-corrected chi connectivity index (χ4v) is 2.10. The van der Waals surface area contributed by atoms with Gasteiger partial charge >= 0.3 is 0 Å². The highest BCUT2D eigenvalue weighted by atomic mass is 79.9. The Kier molecular flexibility index (Phi) is 4.84. The van der Waals surface area contributed by atoms with Crippen molar-refractivity contribution in [1.29, 1.82) is 0 Å². The van der Waals surface area contributed by atoms with E-state index in [1.54, 1.807) is 6.07 Å².